The van der Waals surface area contributed by atoms with Crippen molar-refractivity contribution >= 4 is 17.6 Å². The molecule has 3 fully saturated rings. The van der Waals surface area contributed by atoms with Crippen LogP contribution < -0.4 is 5.32 Å². The number of nitrogens with one attached hydrogen (secondary N) is 1. The largest absolute Gasteiger partial charge is 0.507 e. The summed E-state index contributed by atoms with van der Waals surface area (Å²) in [6, 6.07) is -1.10. The van der Waals surface area contributed by atoms with Crippen LogP contribution in [-0.2, 0) is 14.4 Å². The van der Waals surface area contributed by atoms with Crippen LogP contribution in [0.4, 0.5) is 0 Å². The molecule has 2 heterocycles. The van der Waals surface area contributed by atoms with Gasteiger partial charge in [0.1, 0.15) is 17.4 Å². The third kappa shape index (κ3) is 5.52. The van der Waals surface area contributed by atoms with Crippen molar-refractivity contribution in [2.75, 3.05) is 13.6 Å². The van der Waals surface area contributed by atoms with Crippen LogP contribution in [0.25, 0.3) is 0 Å². The number of likely N-dealkylation sites (N-methyl/N-ethyl adjacent to an activating group) is 1. The molecule has 0 aromatic rings. The quantitative estimate of drug-likeness (QED) is 0.469. The molecule has 7 nitrogen and oxygen atoms in total. The van der Waals surface area contributed by atoms with Gasteiger partial charge in [0.05, 0.1) is 6.10 Å². The summed E-state index contributed by atoms with van der Waals surface area (Å²) in [5.41, 5.74) is -0.313. The van der Waals surface area contributed by atoms with Crippen molar-refractivity contribution in [3.05, 3.63) is 59.9 Å². The average molecular weight is 509 g/mol. The van der Waals surface area contributed by atoms with E-state index < -0.39 is 29.6 Å². The molecule has 2 aliphatic carbocycles. The van der Waals surface area contributed by atoms with Crippen molar-refractivity contribution in [1.82, 2.24) is 10.2 Å². The van der Waals surface area contributed by atoms with Gasteiger partial charge in [-0.1, -0.05) is 56.7 Å². The van der Waals surface area contributed by atoms with E-state index >= 15 is 0 Å². The van der Waals surface area contributed by atoms with Crippen LogP contribution in [0.15, 0.2) is 59.9 Å². The van der Waals surface area contributed by atoms with Gasteiger partial charge >= 0.3 is 0 Å². The first-order valence-corrected chi connectivity index (χ1v) is 13.6. The second kappa shape index (κ2) is 11.6. The molecule has 37 heavy (non-hydrogen) atoms. The fraction of sp³-hybridized carbons (Fsp3) is 0.567. The molecule has 2 aliphatic heterocycles. The molecule has 2 bridgehead atoms. The second-order valence-electron chi connectivity index (χ2n) is 11.1. The summed E-state index contributed by atoms with van der Waals surface area (Å²) in [6.07, 6.45) is 18.0. The normalized spacial score (nSPS) is 40.6. The van der Waals surface area contributed by atoms with E-state index in [1.807, 2.05) is 12.2 Å². The van der Waals surface area contributed by atoms with Crippen LogP contribution in [0.2, 0.25) is 0 Å². The minimum atomic E-state index is -1.17. The van der Waals surface area contributed by atoms with Crippen LogP contribution in [-0.4, -0.2) is 58.4 Å². The number of Topliss-reactive ketones (excluding diaryl/α,β-unsaturated/α-hetero) is 1. The van der Waals surface area contributed by atoms with E-state index in [2.05, 4.69) is 31.3 Å². The number of likely N-dealkylation sites (tertiary alicyclic amines) is 1. The van der Waals surface area contributed by atoms with Gasteiger partial charge in [-0.05, 0) is 67.3 Å². The first-order chi connectivity index (χ1) is 17.7. The number of hydrogen-bond acceptors (Lipinski definition) is 5. The summed E-state index contributed by atoms with van der Waals surface area (Å²) < 4.78 is 0. The molecule has 2 saturated carbocycles. The molecule has 0 radical (unpaired) electrons. The Morgan fingerprint density at radius 1 is 1.08 bits per heavy atom. The van der Waals surface area contributed by atoms with Crippen LogP contribution >= 0.6 is 0 Å². The molecule has 8 atom stereocenters. The van der Waals surface area contributed by atoms with Crippen LogP contribution in [0.1, 0.15) is 46.0 Å². The number of carbonyl (C=O) groups is 3. The highest BCUT2D eigenvalue weighted by molar-refractivity contribution is 6.27. The average Bonchev–Trinajstić information content (AvgIpc) is 3.43. The maximum atomic E-state index is 12.9. The molecule has 0 unspecified atom stereocenters. The van der Waals surface area contributed by atoms with Gasteiger partial charge in [-0.2, -0.15) is 0 Å². The number of nitrogens with zero attached hydrogens (tertiary/aromatic N) is 1. The van der Waals surface area contributed by atoms with Gasteiger partial charge in [0.15, 0.2) is 5.78 Å². The standard InChI is InChI=1S/C30H40N2O5/c1-4-19-16-21-17-20-10-8-9-13-25(35)31-15-14-24(34)28-29(36)27(30(37)32(28)3)23(33)12-7-5-6-11-22(20)26(21)18(19)2/h5-10,12-13,18-22,24,26,28,33-34H,4,11,14-17H2,1-3H3,(H,31,35)/b6-5+,10-8-,12-7+,13-9+,27-23?/t18-,19+,20+,21+,22+,24-,26+,28-/m0/s1. The molecule has 200 valence electrons. The predicted molar refractivity (Wildman–Crippen MR) is 142 cm³/mol. The Hall–Kier alpha value is -2.93. The lowest BCUT2D eigenvalue weighted by Crippen LogP contribution is -2.43. The summed E-state index contributed by atoms with van der Waals surface area (Å²) in [6.45, 7) is 4.84. The smallest absolute Gasteiger partial charge is 0.261 e. The van der Waals surface area contributed by atoms with Gasteiger partial charge < -0.3 is 20.4 Å². The molecule has 4 rings (SSSR count). The maximum absolute atomic E-state index is 12.9. The van der Waals surface area contributed by atoms with Crippen molar-refractivity contribution < 1.29 is 24.6 Å². The fourth-order valence-electron chi connectivity index (χ4n) is 7.25. The molecule has 1 saturated heterocycles. The highest BCUT2D eigenvalue weighted by atomic mass is 16.3. The monoisotopic (exact) mass is 508 g/mol. The number of ketones is 1. The Labute approximate surface area is 219 Å². The Kier molecular flexibility index (Phi) is 8.53. The highest BCUT2D eigenvalue weighted by Crippen LogP contribution is 2.57. The van der Waals surface area contributed by atoms with Gasteiger partial charge in [0, 0.05) is 19.7 Å². The lowest BCUT2D eigenvalue weighted by Gasteiger charge is -2.27. The number of amides is 2. The summed E-state index contributed by atoms with van der Waals surface area (Å²) in [7, 11) is 1.43. The van der Waals surface area contributed by atoms with Gasteiger partial charge in [-0.25, -0.2) is 0 Å². The van der Waals surface area contributed by atoms with Gasteiger partial charge in [0.2, 0.25) is 5.91 Å². The van der Waals surface area contributed by atoms with E-state index in [1.165, 1.54) is 38.5 Å². The van der Waals surface area contributed by atoms with E-state index in [0.717, 1.165) is 23.2 Å². The third-order valence-electron chi connectivity index (χ3n) is 9.10. The summed E-state index contributed by atoms with van der Waals surface area (Å²) in [5, 5.41) is 23.8. The van der Waals surface area contributed by atoms with Crippen molar-refractivity contribution in [2.45, 2.75) is 58.1 Å². The topological polar surface area (TPSA) is 107 Å². The van der Waals surface area contributed by atoms with Gasteiger partial charge in [-0.3, -0.25) is 14.4 Å². The first kappa shape index (κ1) is 27.1. The molecule has 7 heteroatoms. The fourth-order valence-corrected chi connectivity index (χ4v) is 7.25. The minimum absolute atomic E-state index is 0.0968. The van der Waals surface area contributed by atoms with E-state index in [4.69, 9.17) is 0 Å². The number of fused-ring (bicyclic) bond motifs is 5. The number of hydrogen-bond donors (Lipinski definition) is 3. The molecule has 2 amide bonds. The number of carbonyl (C=O) groups excluding carboxylic acids is 3. The second-order valence-corrected chi connectivity index (χ2v) is 11.1. The lowest BCUT2D eigenvalue weighted by molar-refractivity contribution is -0.128. The molecular weight excluding hydrogens is 468 g/mol. The Bertz CT molecular complexity index is 1050. The maximum Gasteiger partial charge on any atom is 0.261 e. The van der Waals surface area contributed by atoms with Crippen molar-refractivity contribution in [3.63, 3.8) is 0 Å². The molecule has 0 aromatic carbocycles. The third-order valence-corrected chi connectivity index (χ3v) is 9.10. The molecule has 4 aliphatic rings. The first-order valence-electron chi connectivity index (χ1n) is 13.6. The zero-order chi connectivity index (χ0) is 26.7. The van der Waals surface area contributed by atoms with Gasteiger partial charge in [0.25, 0.3) is 5.91 Å². The SMILES string of the molecule is CC[C@@H]1C[C@@H]2C[C@H]3/C=C\C=C\C(=O)NCC[C@H](O)[C@H]4C(=O)C(=C(O)/C=C/C=C/C[C@H]3[C@@H]2[C@H]1C)C(=O)N4C. The van der Waals surface area contributed by atoms with E-state index in [0.29, 0.717) is 23.7 Å². The number of allylic oxidation sites excluding steroid dienone is 7. The number of aliphatic hydroxyl groups excluding tert-OH is 2. The summed E-state index contributed by atoms with van der Waals surface area (Å²) in [5.74, 6) is 1.89. The number of aliphatic hydroxyl groups is 2. The molecule has 0 spiro atoms. The summed E-state index contributed by atoms with van der Waals surface area (Å²) in [4.78, 5) is 39.0. The van der Waals surface area contributed by atoms with Crippen molar-refractivity contribution in [2.24, 2.45) is 35.5 Å². The van der Waals surface area contributed by atoms with Crippen LogP contribution in [0.5, 0.6) is 0 Å². The molecule has 0 aromatic heterocycles. The van der Waals surface area contributed by atoms with Crippen LogP contribution in [0, 0.1) is 35.5 Å². The molecular formula is C30H40N2O5. The lowest BCUT2D eigenvalue weighted by atomic mass is 9.78. The van der Waals surface area contributed by atoms with Crippen LogP contribution in [0.3, 0.4) is 0 Å². The highest BCUT2D eigenvalue weighted by Gasteiger charge is 2.50. The van der Waals surface area contributed by atoms with E-state index in [1.54, 1.807) is 12.2 Å². The van der Waals surface area contributed by atoms with Crippen molar-refractivity contribution in [1.29, 1.82) is 0 Å². The Balaban J connectivity index is 1.60. The molecule has 3 N–H and O–H groups in total. The Morgan fingerprint density at radius 2 is 1.84 bits per heavy atom. The van der Waals surface area contributed by atoms with E-state index in [-0.39, 0.29) is 24.4 Å². The van der Waals surface area contributed by atoms with Crippen molar-refractivity contribution in [3.8, 4) is 0 Å². The number of rotatable bonds is 1. The zero-order valence-electron chi connectivity index (χ0n) is 22.0. The predicted octanol–water partition coefficient (Wildman–Crippen LogP) is 3.64. The van der Waals surface area contributed by atoms with Gasteiger partial charge in [-0.15, -0.1) is 0 Å². The van der Waals surface area contributed by atoms with E-state index in [9.17, 15) is 24.6 Å². The Morgan fingerprint density at radius 3 is 2.59 bits per heavy atom. The summed E-state index contributed by atoms with van der Waals surface area (Å²) >= 11 is 0. The minimum Gasteiger partial charge on any atom is -0.507 e. The zero-order valence-corrected chi connectivity index (χ0v) is 22.0.